The Morgan fingerprint density at radius 1 is 1.12 bits per heavy atom. The minimum absolute atomic E-state index is 0.00128. The Morgan fingerprint density at radius 3 is 2.65 bits per heavy atom. The first-order chi connectivity index (χ1) is 16.5. The van der Waals surface area contributed by atoms with Crippen molar-refractivity contribution in [3.63, 3.8) is 0 Å². The molecule has 3 heterocycles. The fraction of sp³-hybridized carbons (Fsp3) is 0.308. The van der Waals surface area contributed by atoms with Gasteiger partial charge in [-0.2, -0.15) is 0 Å². The van der Waals surface area contributed by atoms with Crippen LogP contribution in [0.2, 0.25) is 0 Å². The highest BCUT2D eigenvalue weighted by Gasteiger charge is 2.27. The summed E-state index contributed by atoms with van der Waals surface area (Å²) in [4.78, 5) is 35.8. The van der Waals surface area contributed by atoms with Crippen molar-refractivity contribution in [1.29, 1.82) is 0 Å². The largest absolute Gasteiger partial charge is 0.474 e. The molecule has 0 unspecified atom stereocenters. The lowest BCUT2D eigenvalue weighted by atomic mass is 9.97. The zero-order valence-corrected chi connectivity index (χ0v) is 20.2. The molecule has 4 rings (SSSR count). The van der Waals surface area contributed by atoms with E-state index in [0.29, 0.717) is 50.2 Å². The maximum absolute atomic E-state index is 14.0. The van der Waals surface area contributed by atoms with E-state index in [4.69, 9.17) is 4.74 Å². The van der Waals surface area contributed by atoms with Crippen LogP contribution in [0.5, 0.6) is 5.88 Å². The molecule has 0 spiro atoms. The van der Waals surface area contributed by atoms with Gasteiger partial charge in [0.05, 0.1) is 0 Å². The van der Waals surface area contributed by atoms with Gasteiger partial charge in [0.1, 0.15) is 17.7 Å². The molecular weight excluding hydrogens is 501 g/mol. The number of rotatable bonds is 8. The van der Waals surface area contributed by atoms with Gasteiger partial charge in [0.2, 0.25) is 5.88 Å². The summed E-state index contributed by atoms with van der Waals surface area (Å²) in [6.07, 6.45) is 7.37. The summed E-state index contributed by atoms with van der Waals surface area (Å²) in [5.41, 5.74) is 1.79. The maximum atomic E-state index is 14.0. The lowest BCUT2D eigenvalue weighted by molar-refractivity contribution is -0.118. The molecule has 1 aliphatic heterocycles. The van der Waals surface area contributed by atoms with Crippen molar-refractivity contribution in [2.24, 2.45) is 0 Å². The molecule has 34 heavy (non-hydrogen) atoms. The van der Waals surface area contributed by atoms with E-state index < -0.39 is 5.82 Å². The Morgan fingerprint density at radius 2 is 1.94 bits per heavy atom. The molecule has 1 fully saturated rings. The first kappa shape index (κ1) is 24.0. The van der Waals surface area contributed by atoms with Crippen LogP contribution in [-0.4, -0.2) is 45.8 Å². The fourth-order valence-corrected chi connectivity index (χ4v) is 4.22. The molecule has 0 atom stereocenters. The standard InChI is InChI=1S/C26H25BrFN3O3/c27-20-5-8-25(30-17-20)34-23-9-12-31(13-10-23)26(33)24-15-21(28)6-4-19(24)14-22(32)7-3-18-2-1-11-29-16-18/h1-2,4-6,8,11,15-17,23H,3,7,9-10,12-14H2. The number of nitrogens with zero attached hydrogens (tertiary/aromatic N) is 3. The second-order valence-electron chi connectivity index (χ2n) is 8.30. The van der Waals surface area contributed by atoms with Crippen LogP contribution in [-0.2, 0) is 17.6 Å². The Labute approximate surface area is 206 Å². The number of hydrogen-bond acceptors (Lipinski definition) is 5. The first-order valence-corrected chi connectivity index (χ1v) is 12.0. The Kier molecular flexibility index (Phi) is 8.00. The van der Waals surface area contributed by atoms with E-state index in [1.54, 1.807) is 35.6 Å². The van der Waals surface area contributed by atoms with E-state index in [-0.39, 0.29) is 29.8 Å². The third kappa shape index (κ3) is 6.47. The quantitative estimate of drug-likeness (QED) is 0.422. The van der Waals surface area contributed by atoms with Crippen LogP contribution in [0.1, 0.15) is 40.7 Å². The summed E-state index contributed by atoms with van der Waals surface area (Å²) in [6, 6.07) is 11.5. The van der Waals surface area contributed by atoms with Crippen molar-refractivity contribution < 1.29 is 18.7 Å². The number of hydrogen-bond donors (Lipinski definition) is 0. The Bertz CT molecular complexity index is 1130. The minimum atomic E-state index is -0.491. The van der Waals surface area contributed by atoms with Gasteiger partial charge >= 0.3 is 0 Å². The van der Waals surface area contributed by atoms with Crippen LogP contribution in [0.3, 0.4) is 0 Å². The summed E-state index contributed by atoms with van der Waals surface area (Å²) in [6.45, 7) is 0.982. The molecule has 0 N–H and O–H groups in total. The van der Waals surface area contributed by atoms with Gasteiger partial charge in [-0.1, -0.05) is 12.1 Å². The van der Waals surface area contributed by atoms with E-state index >= 15 is 0 Å². The highest BCUT2D eigenvalue weighted by molar-refractivity contribution is 9.10. The molecule has 0 aliphatic carbocycles. The maximum Gasteiger partial charge on any atom is 0.254 e. The van der Waals surface area contributed by atoms with Gasteiger partial charge in [-0.25, -0.2) is 9.37 Å². The number of benzene rings is 1. The van der Waals surface area contributed by atoms with E-state index in [0.717, 1.165) is 10.0 Å². The molecule has 1 amide bonds. The summed E-state index contributed by atoms with van der Waals surface area (Å²) in [5, 5.41) is 0. The summed E-state index contributed by atoms with van der Waals surface area (Å²) >= 11 is 3.35. The number of Topliss-reactive ketones (excluding diaryl/α,β-unsaturated/α-hetero) is 1. The molecule has 0 saturated carbocycles. The predicted molar refractivity (Wildman–Crippen MR) is 129 cm³/mol. The molecule has 0 radical (unpaired) electrons. The van der Waals surface area contributed by atoms with Crippen molar-refractivity contribution >= 4 is 27.6 Å². The van der Waals surface area contributed by atoms with Crippen LogP contribution in [0.4, 0.5) is 4.39 Å². The zero-order valence-electron chi connectivity index (χ0n) is 18.6. The zero-order chi connectivity index (χ0) is 23.9. The number of piperidine rings is 1. The highest BCUT2D eigenvalue weighted by Crippen LogP contribution is 2.22. The van der Waals surface area contributed by atoms with Crippen LogP contribution in [0.15, 0.2) is 65.5 Å². The van der Waals surface area contributed by atoms with Gasteiger partial charge in [-0.05, 0) is 57.7 Å². The number of aryl methyl sites for hydroxylation is 1. The van der Waals surface area contributed by atoms with Crippen LogP contribution in [0.25, 0.3) is 0 Å². The number of halogens is 2. The number of amides is 1. The van der Waals surface area contributed by atoms with E-state index in [1.165, 1.54) is 12.1 Å². The summed E-state index contributed by atoms with van der Waals surface area (Å²) in [5.74, 6) is -0.201. The monoisotopic (exact) mass is 525 g/mol. The van der Waals surface area contributed by atoms with E-state index in [9.17, 15) is 14.0 Å². The summed E-state index contributed by atoms with van der Waals surface area (Å²) < 4.78 is 20.8. The van der Waals surface area contributed by atoms with Gasteiger partial charge < -0.3 is 9.64 Å². The molecule has 6 nitrogen and oxygen atoms in total. The topological polar surface area (TPSA) is 72.4 Å². The van der Waals surface area contributed by atoms with E-state index in [2.05, 4.69) is 25.9 Å². The van der Waals surface area contributed by atoms with Crippen molar-refractivity contribution in [2.45, 2.75) is 38.2 Å². The van der Waals surface area contributed by atoms with Gasteiger partial charge in [0, 0.05) is 73.5 Å². The van der Waals surface area contributed by atoms with E-state index in [1.807, 2.05) is 18.2 Å². The number of carbonyl (C=O) groups excluding carboxylic acids is 2. The first-order valence-electron chi connectivity index (χ1n) is 11.2. The number of ketones is 1. The van der Waals surface area contributed by atoms with Gasteiger partial charge in [-0.15, -0.1) is 0 Å². The second-order valence-corrected chi connectivity index (χ2v) is 9.22. The van der Waals surface area contributed by atoms with Crippen LogP contribution >= 0.6 is 15.9 Å². The molecule has 0 bridgehead atoms. The third-order valence-electron chi connectivity index (χ3n) is 5.82. The van der Waals surface area contributed by atoms with Crippen molar-refractivity contribution in [3.8, 4) is 5.88 Å². The average Bonchev–Trinajstić information content (AvgIpc) is 2.86. The van der Waals surface area contributed by atoms with Crippen molar-refractivity contribution in [3.05, 3.63) is 88.0 Å². The Hall–Kier alpha value is -3.13. The van der Waals surface area contributed by atoms with Gasteiger partial charge in [0.25, 0.3) is 5.91 Å². The molecule has 3 aromatic rings. The lowest BCUT2D eigenvalue weighted by Gasteiger charge is -2.32. The number of ether oxygens (including phenoxy) is 1. The molecular formula is C26H25BrFN3O3. The lowest BCUT2D eigenvalue weighted by Crippen LogP contribution is -2.42. The smallest absolute Gasteiger partial charge is 0.254 e. The number of carbonyl (C=O) groups is 2. The molecule has 2 aromatic heterocycles. The minimum Gasteiger partial charge on any atom is -0.474 e. The van der Waals surface area contributed by atoms with Crippen molar-refractivity contribution in [2.75, 3.05) is 13.1 Å². The number of likely N-dealkylation sites (tertiary alicyclic amines) is 1. The molecule has 1 saturated heterocycles. The van der Waals surface area contributed by atoms with Crippen LogP contribution < -0.4 is 4.74 Å². The molecule has 176 valence electrons. The van der Waals surface area contributed by atoms with Crippen molar-refractivity contribution in [1.82, 2.24) is 14.9 Å². The predicted octanol–water partition coefficient (Wildman–Crippen LogP) is 4.81. The number of aromatic nitrogens is 2. The second kappa shape index (κ2) is 11.3. The Balaban J connectivity index is 1.35. The van der Waals surface area contributed by atoms with Crippen LogP contribution in [0, 0.1) is 5.82 Å². The normalized spacial score (nSPS) is 14.1. The molecule has 1 aliphatic rings. The average molecular weight is 526 g/mol. The van der Waals surface area contributed by atoms with Gasteiger partial charge in [-0.3, -0.25) is 14.6 Å². The van der Waals surface area contributed by atoms with Gasteiger partial charge in [0.15, 0.2) is 0 Å². The SMILES string of the molecule is O=C(CCc1cccnc1)Cc1ccc(F)cc1C(=O)N1CCC(Oc2ccc(Br)cn2)CC1. The fourth-order valence-electron chi connectivity index (χ4n) is 3.98. The third-order valence-corrected chi connectivity index (χ3v) is 6.29. The highest BCUT2D eigenvalue weighted by atomic mass is 79.9. The summed E-state index contributed by atoms with van der Waals surface area (Å²) in [7, 11) is 0. The number of pyridine rings is 2. The molecule has 1 aromatic carbocycles. The molecule has 8 heteroatoms.